The predicted octanol–water partition coefficient (Wildman–Crippen LogP) is 6.38. The first-order chi connectivity index (χ1) is 14.9. The third-order valence-electron chi connectivity index (χ3n) is 4.65. The Morgan fingerprint density at radius 1 is 0.968 bits per heavy atom. The highest BCUT2D eigenvalue weighted by molar-refractivity contribution is 6.35. The number of benzene rings is 3. The summed E-state index contributed by atoms with van der Waals surface area (Å²) in [7, 11) is 0. The predicted molar refractivity (Wildman–Crippen MR) is 121 cm³/mol. The lowest BCUT2D eigenvalue weighted by Gasteiger charge is -2.16. The fourth-order valence-corrected chi connectivity index (χ4v) is 3.54. The summed E-state index contributed by atoms with van der Waals surface area (Å²) in [5, 5.41) is 4.16. The van der Waals surface area contributed by atoms with Gasteiger partial charge in [-0.1, -0.05) is 65.7 Å². The molecule has 7 heteroatoms. The van der Waals surface area contributed by atoms with Gasteiger partial charge in [0.2, 0.25) is 5.78 Å². The largest absolute Gasteiger partial charge is 0.479 e. The highest BCUT2D eigenvalue weighted by Crippen LogP contribution is 2.33. The number of fused-ring (bicyclic) bond motifs is 1. The van der Waals surface area contributed by atoms with Crippen molar-refractivity contribution in [2.75, 3.05) is 5.32 Å². The molecule has 5 nitrogen and oxygen atoms in total. The van der Waals surface area contributed by atoms with Crippen LogP contribution < -0.4 is 10.1 Å². The average molecular weight is 454 g/mol. The molecule has 0 radical (unpaired) electrons. The third-order valence-corrected chi connectivity index (χ3v) is 5.18. The molecule has 1 unspecified atom stereocenters. The number of rotatable bonds is 6. The van der Waals surface area contributed by atoms with E-state index in [1.807, 2.05) is 6.07 Å². The van der Waals surface area contributed by atoms with Gasteiger partial charge < -0.3 is 14.5 Å². The van der Waals surface area contributed by atoms with E-state index in [-0.39, 0.29) is 11.5 Å². The Kier molecular flexibility index (Phi) is 5.98. The van der Waals surface area contributed by atoms with E-state index in [9.17, 15) is 9.59 Å². The van der Waals surface area contributed by atoms with Gasteiger partial charge in [0, 0.05) is 16.0 Å². The molecule has 0 saturated heterocycles. The Morgan fingerprint density at radius 2 is 1.68 bits per heavy atom. The second kappa shape index (κ2) is 8.84. The van der Waals surface area contributed by atoms with E-state index in [4.69, 9.17) is 32.4 Å². The van der Waals surface area contributed by atoms with Gasteiger partial charge in [0.1, 0.15) is 11.3 Å². The molecule has 0 aliphatic heterocycles. The van der Waals surface area contributed by atoms with Crippen molar-refractivity contribution in [3.63, 3.8) is 0 Å². The van der Waals surface area contributed by atoms with Crippen molar-refractivity contribution >= 4 is 51.5 Å². The quantitative estimate of drug-likeness (QED) is 0.344. The van der Waals surface area contributed by atoms with Crippen LogP contribution in [-0.4, -0.2) is 17.8 Å². The Morgan fingerprint density at radius 3 is 2.42 bits per heavy atom. The van der Waals surface area contributed by atoms with Crippen LogP contribution >= 0.6 is 23.2 Å². The van der Waals surface area contributed by atoms with E-state index in [1.54, 1.807) is 67.6 Å². The zero-order valence-electron chi connectivity index (χ0n) is 16.4. The van der Waals surface area contributed by atoms with Crippen molar-refractivity contribution in [3.05, 3.63) is 94.2 Å². The van der Waals surface area contributed by atoms with E-state index in [2.05, 4.69) is 5.32 Å². The topological polar surface area (TPSA) is 68.5 Å². The molecule has 1 aromatic heterocycles. The first-order valence-corrected chi connectivity index (χ1v) is 10.2. The highest BCUT2D eigenvalue weighted by Gasteiger charge is 2.25. The lowest BCUT2D eigenvalue weighted by atomic mass is 10.1. The number of para-hydroxylation sites is 1. The van der Waals surface area contributed by atoms with Crippen LogP contribution in [0.1, 0.15) is 23.0 Å². The molecule has 0 saturated carbocycles. The van der Waals surface area contributed by atoms with Gasteiger partial charge >= 0.3 is 0 Å². The fourth-order valence-electron chi connectivity index (χ4n) is 3.09. The van der Waals surface area contributed by atoms with Crippen LogP contribution in [-0.2, 0) is 4.79 Å². The summed E-state index contributed by atoms with van der Waals surface area (Å²) < 4.78 is 11.5. The SMILES string of the molecule is CC(Oc1ccc(Cl)cc1Cl)C(=O)Nc1c(C(=O)c2ccccc2)oc2ccccc12. The van der Waals surface area contributed by atoms with Crippen molar-refractivity contribution in [1.29, 1.82) is 0 Å². The van der Waals surface area contributed by atoms with E-state index in [0.29, 0.717) is 38.0 Å². The number of amides is 1. The molecule has 4 rings (SSSR count). The molecule has 1 heterocycles. The van der Waals surface area contributed by atoms with Gasteiger partial charge in [0.15, 0.2) is 11.9 Å². The molecule has 0 bridgehead atoms. The lowest BCUT2D eigenvalue weighted by Crippen LogP contribution is -2.30. The zero-order chi connectivity index (χ0) is 22.0. The Hall–Kier alpha value is -3.28. The summed E-state index contributed by atoms with van der Waals surface area (Å²) in [5.74, 6) is -0.412. The number of halogens is 2. The van der Waals surface area contributed by atoms with Crippen LogP contribution in [0, 0.1) is 0 Å². The molecule has 1 amide bonds. The van der Waals surface area contributed by atoms with E-state index in [1.165, 1.54) is 6.07 Å². The summed E-state index contributed by atoms with van der Waals surface area (Å²) in [5.41, 5.74) is 1.24. The summed E-state index contributed by atoms with van der Waals surface area (Å²) in [6.07, 6.45) is -0.896. The maximum absolute atomic E-state index is 13.0. The van der Waals surface area contributed by atoms with Crippen LogP contribution in [0.2, 0.25) is 10.0 Å². The van der Waals surface area contributed by atoms with Gasteiger partial charge in [-0.25, -0.2) is 0 Å². The number of carbonyl (C=O) groups is 2. The van der Waals surface area contributed by atoms with Gasteiger partial charge in [0.05, 0.1) is 10.7 Å². The number of hydrogen-bond acceptors (Lipinski definition) is 4. The number of ether oxygens (including phenoxy) is 1. The van der Waals surface area contributed by atoms with Crippen molar-refractivity contribution in [3.8, 4) is 5.75 Å². The van der Waals surface area contributed by atoms with Gasteiger partial charge in [-0.15, -0.1) is 0 Å². The molecule has 31 heavy (non-hydrogen) atoms. The summed E-state index contributed by atoms with van der Waals surface area (Å²) in [6.45, 7) is 1.58. The zero-order valence-corrected chi connectivity index (χ0v) is 17.9. The minimum absolute atomic E-state index is 0.0532. The molecule has 0 aliphatic rings. The first-order valence-electron chi connectivity index (χ1n) is 9.48. The van der Waals surface area contributed by atoms with Gasteiger partial charge in [-0.2, -0.15) is 0 Å². The normalized spacial score (nSPS) is 11.8. The second-order valence-corrected chi connectivity index (χ2v) is 7.67. The lowest BCUT2D eigenvalue weighted by molar-refractivity contribution is -0.122. The fraction of sp³-hybridized carbons (Fsp3) is 0.0833. The van der Waals surface area contributed by atoms with Crippen molar-refractivity contribution in [2.45, 2.75) is 13.0 Å². The molecule has 1 N–H and O–H groups in total. The van der Waals surface area contributed by atoms with Crippen LogP contribution in [0.25, 0.3) is 11.0 Å². The molecule has 0 spiro atoms. The summed E-state index contributed by atoms with van der Waals surface area (Å²) in [4.78, 5) is 25.9. The van der Waals surface area contributed by atoms with Crippen molar-refractivity contribution < 1.29 is 18.7 Å². The van der Waals surface area contributed by atoms with Crippen LogP contribution in [0.5, 0.6) is 5.75 Å². The smallest absolute Gasteiger partial charge is 0.265 e. The van der Waals surface area contributed by atoms with Crippen molar-refractivity contribution in [1.82, 2.24) is 0 Å². The van der Waals surface area contributed by atoms with Crippen molar-refractivity contribution in [2.24, 2.45) is 0 Å². The molecule has 3 aromatic carbocycles. The van der Waals surface area contributed by atoms with Gasteiger partial charge in [-0.3, -0.25) is 9.59 Å². The van der Waals surface area contributed by atoms with Crippen LogP contribution in [0.3, 0.4) is 0 Å². The monoisotopic (exact) mass is 453 g/mol. The molecule has 1 atom stereocenters. The maximum atomic E-state index is 13.0. The minimum atomic E-state index is -0.896. The second-order valence-electron chi connectivity index (χ2n) is 6.82. The number of anilines is 1. The minimum Gasteiger partial charge on any atom is -0.479 e. The molecule has 4 aromatic rings. The molecule has 0 aliphatic carbocycles. The summed E-state index contributed by atoms with van der Waals surface area (Å²) >= 11 is 12.0. The maximum Gasteiger partial charge on any atom is 0.265 e. The number of carbonyl (C=O) groups excluding carboxylic acids is 2. The Balaban J connectivity index is 1.64. The Labute approximate surface area is 188 Å². The number of nitrogens with one attached hydrogen (secondary N) is 1. The third kappa shape index (κ3) is 4.43. The molecule has 0 fully saturated rings. The highest BCUT2D eigenvalue weighted by atomic mass is 35.5. The number of ketones is 1. The standard InChI is InChI=1S/C24H17Cl2NO4/c1-14(30-20-12-11-16(25)13-18(20)26)24(29)27-21-17-9-5-6-10-19(17)31-23(21)22(28)15-7-3-2-4-8-15/h2-14H,1H3,(H,27,29). The molecular formula is C24H17Cl2NO4. The summed E-state index contributed by atoms with van der Waals surface area (Å²) in [6, 6.07) is 20.6. The average Bonchev–Trinajstić information content (AvgIpc) is 3.14. The first kappa shape index (κ1) is 21.0. The van der Waals surface area contributed by atoms with E-state index in [0.717, 1.165) is 0 Å². The number of furan rings is 1. The van der Waals surface area contributed by atoms with Gasteiger partial charge in [-0.05, 0) is 37.3 Å². The van der Waals surface area contributed by atoms with E-state index < -0.39 is 12.0 Å². The van der Waals surface area contributed by atoms with Crippen LogP contribution in [0.15, 0.2) is 77.2 Å². The van der Waals surface area contributed by atoms with Gasteiger partial charge in [0.25, 0.3) is 5.91 Å². The van der Waals surface area contributed by atoms with Crippen LogP contribution in [0.4, 0.5) is 5.69 Å². The Bertz CT molecular complexity index is 1270. The molecular weight excluding hydrogens is 437 g/mol. The molecule has 156 valence electrons. The van der Waals surface area contributed by atoms with E-state index >= 15 is 0 Å². The number of hydrogen-bond donors (Lipinski definition) is 1.